The average molecular weight is 346 g/mol. The van der Waals surface area contributed by atoms with Crippen molar-refractivity contribution in [3.05, 3.63) is 0 Å². The Morgan fingerprint density at radius 1 is 0.960 bits per heavy atom. The van der Waals surface area contributed by atoms with Crippen LogP contribution in [-0.4, -0.2) is 30.6 Å². The summed E-state index contributed by atoms with van der Waals surface area (Å²) in [6.07, 6.45) is 7.07. The number of carbonyl (C=O) groups is 2. The van der Waals surface area contributed by atoms with Gasteiger partial charge in [-0.2, -0.15) is 0 Å². The molecule has 4 aliphatic carbocycles. The van der Waals surface area contributed by atoms with Gasteiger partial charge in [-0.25, -0.2) is 0 Å². The molecule has 0 bridgehead atoms. The highest BCUT2D eigenvalue weighted by molar-refractivity contribution is 5.87. The van der Waals surface area contributed by atoms with Crippen molar-refractivity contribution in [3.63, 3.8) is 0 Å². The average Bonchev–Trinajstić information content (AvgIpc) is 3.16. The van der Waals surface area contributed by atoms with E-state index in [4.69, 9.17) is 9.47 Å². The monoisotopic (exact) mass is 346 g/mol. The zero-order valence-corrected chi connectivity index (χ0v) is 15.5. The number of fused-ring (bicyclic) bond motifs is 6. The molecule has 0 unspecified atom stereocenters. The van der Waals surface area contributed by atoms with Gasteiger partial charge < -0.3 is 9.47 Å². The fraction of sp³-hybridized carbons (Fsp3) is 0.905. The van der Waals surface area contributed by atoms with E-state index < -0.39 is 5.79 Å². The Hall–Kier alpha value is -0.740. The molecule has 1 heterocycles. The van der Waals surface area contributed by atoms with Crippen LogP contribution in [0.2, 0.25) is 0 Å². The Morgan fingerprint density at radius 2 is 1.72 bits per heavy atom. The number of ketones is 2. The lowest BCUT2D eigenvalue weighted by Crippen LogP contribution is -2.63. The van der Waals surface area contributed by atoms with Gasteiger partial charge in [0, 0.05) is 37.0 Å². The molecule has 1 aliphatic heterocycles. The second kappa shape index (κ2) is 5.16. The van der Waals surface area contributed by atoms with Crippen molar-refractivity contribution in [2.75, 3.05) is 13.2 Å². The molecule has 4 heteroatoms. The molecule has 4 nitrogen and oxygen atoms in total. The third kappa shape index (κ3) is 2.01. The number of Topliss-reactive ketones (excluding diaryl/α,β-unsaturated/α-hetero) is 2. The maximum absolute atomic E-state index is 12.7. The topological polar surface area (TPSA) is 52.6 Å². The summed E-state index contributed by atoms with van der Waals surface area (Å²) in [5, 5.41) is 0. The number of rotatable bonds is 0. The summed E-state index contributed by atoms with van der Waals surface area (Å²) in [5.41, 5.74) is 0.0171. The molecular weight excluding hydrogens is 316 g/mol. The standard InChI is InChI=1S/C21H30O4/c1-19-7-5-14(22)11-13(19)12-21(24-9-10-25-21)18-15-3-4-17(23)20(15,2)8-6-16(18)19/h13,15-16,18H,3-12H2,1-2H3/t13-,15-,16-,18-,19-,20-/m0/s1. The summed E-state index contributed by atoms with van der Waals surface area (Å²) >= 11 is 0. The van der Waals surface area contributed by atoms with Crippen molar-refractivity contribution in [1.29, 1.82) is 0 Å². The summed E-state index contributed by atoms with van der Waals surface area (Å²) in [5.74, 6) is 1.91. The minimum atomic E-state index is -0.538. The molecule has 1 saturated heterocycles. The molecule has 0 aromatic carbocycles. The molecule has 25 heavy (non-hydrogen) atoms. The predicted molar refractivity (Wildman–Crippen MR) is 91.8 cm³/mol. The smallest absolute Gasteiger partial charge is 0.172 e. The maximum atomic E-state index is 12.7. The maximum Gasteiger partial charge on any atom is 0.172 e. The van der Waals surface area contributed by atoms with Crippen LogP contribution in [0, 0.1) is 34.5 Å². The minimum absolute atomic E-state index is 0.183. The third-order valence-corrected chi connectivity index (χ3v) is 8.99. The van der Waals surface area contributed by atoms with E-state index in [0.717, 1.165) is 44.9 Å². The number of carbonyl (C=O) groups excluding carboxylic acids is 2. The van der Waals surface area contributed by atoms with Gasteiger partial charge >= 0.3 is 0 Å². The minimum Gasteiger partial charge on any atom is -0.347 e. The van der Waals surface area contributed by atoms with Crippen LogP contribution in [0.25, 0.3) is 0 Å². The summed E-state index contributed by atoms with van der Waals surface area (Å²) in [6.45, 7) is 5.92. The first-order chi connectivity index (χ1) is 11.9. The van der Waals surface area contributed by atoms with Gasteiger partial charge in [0.1, 0.15) is 11.6 Å². The van der Waals surface area contributed by atoms with Crippen molar-refractivity contribution in [2.45, 2.75) is 71.0 Å². The molecule has 5 fully saturated rings. The molecule has 0 aromatic heterocycles. The first kappa shape index (κ1) is 16.4. The molecule has 4 saturated carbocycles. The Balaban J connectivity index is 1.60. The van der Waals surface area contributed by atoms with Crippen molar-refractivity contribution in [1.82, 2.24) is 0 Å². The number of ether oxygens (including phenoxy) is 2. The largest absolute Gasteiger partial charge is 0.347 e. The van der Waals surface area contributed by atoms with Gasteiger partial charge in [-0.05, 0) is 48.9 Å². The van der Waals surface area contributed by atoms with E-state index >= 15 is 0 Å². The molecule has 5 rings (SSSR count). The first-order valence-electron chi connectivity index (χ1n) is 10.2. The highest BCUT2D eigenvalue weighted by atomic mass is 16.7. The molecule has 0 amide bonds. The van der Waals surface area contributed by atoms with E-state index in [1.807, 2.05) is 0 Å². The van der Waals surface area contributed by atoms with E-state index in [2.05, 4.69) is 13.8 Å². The SMILES string of the molecule is C[C@]12CCC(=O)C[C@H]1CC1(OCCO1)[C@@H]1[C@@H]2CC[C@]2(C)C(=O)CC[C@@H]12. The molecular formula is C21H30O4. The van der Waals surface area contributed by atoms with Crippen molar-refractivity contribution in [2.24, 2.45) is 34.5 Å². The Morgan fingerprint density at radius 3 is 2.48 bits per heavy atom. The zero-order valence-electron chi connectivity index (χ0n) is 15.5. The van der Waals surface area contributed by atoms with E-state index in [9.17, 15) is 9.59 Å². The third-order valence-electron chi connectivity index (χ3n) is 8.99. The highest BCUT2D eigenvalue weighted by Gasteiger charge is 2.68. The lowest BCUT2D eigenvalue weighted by Gasteiger charge is -2.63. The first-order valence-corrected chi connectivity index (χ1v) is 10.2. The molecule has 0 radical (unpaired) electrons. The summed E-state index contributed by atoms with van der Waals surface area (Å²) in [4.78, 5) is 24.9. The summed E-state index contributed by atoms with van der Waals surface area (Å²) in [6, 6.07) is 0. The number of hydrogen-bond acceptors (Lipinski definition) is 4. The predicted octanol–water partition coefficient (Wildman–Crippen LogP) is 3.52. The fourth-order valence-corrected chi connectivity index (χ4v) is 7.54. The number of hydrogen-bond donors (Lipinski definition) is 0. The lowest BCUT2D eigenvalue weighted by atomic mass is 9.43. The lowest BCUT2D eigenvalue weighted by molar-refractivity contribution is -0.292. The van der Waals surface area contributed by atoms with Gasteiger partial charge in [-0.3, -0.25) is 9.59 Å². The molecule has 0 aromatic rings. The Bertz CT molecular complexity index is 621. The molecule has 138 valence electrons. The van der Waals surface area contributed by atoms with E-state index in [1.165, 1.54) is 0 Å². The second-order valence-electron chi connectivity index (χ2n) is 9.82. The van der Waals surface area contributed by atoms with Gasteiger partial charge in [0.2, 0.25) is 0 Å². The quantitative estimate of drug-likeness (QED) is 0.673. The van der Waals surface area contributed by atoms with Crippen LogP contribution in [-0.2, 0) is 19.1 Å². The second-order valence-corrected chi connectivity index (χ2v) is 9.82. The van der Waals surface area contributed by atoms with Crippen molar-refractivity contribution < 1.29 is 19.1 Å². The van der Waals surface area contributed by atoms with Crippen LogP contribution in [0.1, 0.15) is 65.2 Å². The van der Waals surface area contributed by atoms with Crippen LogP contribution in [0.5, 0.6) is 0 Å². The molecule has 1 spiro atoms. The normalized spacial score (nSPS) is 51.3. The highest BCUT2D eigenvalue weighted by Crippen LogP contribution is 2.68. The van der Waals surface area contributed by atoms with Gasteiger partial charge in [0.15, 0.2) is 5.79 Å². The zero-order chi connectivity index (χ0) is 17.4. The van der Waals surface area contributed by atoms with E-state index in [1.54, 1.807) is 0 Å². The fourth-order valence-electron chi connectivity index (χ4n) is 7.54. The van der Waals surface area contributed by atoms with Crippen LogP contribution in [0.3, 0.4) is 0 Å². The van der Waals surface area contributed by atoms with Crippen molar-refractivity contribution in [3.8, 4) is 0 Å². The summed E-state index contributed by atoms with van der Waals surface area (Å²) < 4.78 is 12.6. The van der Waals surface area contributed by atoms with Gasteiger partial charge in [-0.1, -0.05) is 13.8 Å². The van der Waals surface area contributed by atoms with Crippen LogP contribution >= 0.6 is 0 Å². The van der Waals surface area contributed by atoms with Crippen molar-refractivity contribution >= 4 is 11.6 Å². The molecule has 5 aliphatic rings. The molecule has 6 atom stereocenters. The van der Waals surface area contributed by atoms with E-state index in [-0.39, 0.29) is 10.8 Å². The van der Waals surface area contributed by atoms with Gasteiger partial charge in [0.05, 0.1) is 13.2 Å². The molecule has 0 N–H and O–H groups in total. The Kier molecular flexibility index (Phi) is 3.39. The summed E-state index contributed by atoms with van der Waals surface area (Å²) in [7, 11) is 0. The Labute approximate surface area is 150 Å². The van der Waals surface area contributed by atoms with Gasteiger partial charge in [0.25, 0.3) is 0 Å². The van der Waals surface area contributed by atoms with E-state index in [0.29, 0.717) is 54.9 Å². The van der Waals surface area contributed by atoms with Crippen LogP contribution < -0.4 is 0 Å². The van der Waals surface area contributed by atoms with Crippen LogP contribution in [0.15, 0.2) is 0 Å². The van der Waals surface area contributed by atoms with Gasteiger partial charge in [-0.15, -0.1) is 0 Å². The van der Waals surface area contributed by atoms with Crippen LogP contribution in [0.4, 0.5) is 0 Å².